The highest BCUT2D eigenvalue weighted by molar-refractivity contribution is 6.31. The summed E-state index contributed by atoms with van der Waals surface area (Å²) in [7, 11) is 1.62. The molecule has 0 aliphatic heterocycles. The Labute approximate surface area is 191 Å². The third kappa shape index (κ3) is 5.28. The maximum Gasteiger partial charge on any atom is 0.255 e. The summed E-state index contributed by atoms with van der Waals surface area (Å²) in [5, 5.41) is 4.84. The Balaban J connectivity index is 1.53. The summed E-state index contributed by atoms with van der Waals surface area (Å²) >= 11 is 6.21. The fourth-order valence-corrected chi connectivity index (χ4v) is 3.70. The summed E-state index contributed by atoms with van der Waals surface area (Å²) in [5.74, 6) is 1.52. The zero-order chi connectivity index (χ0) is 22.3. The molecule has 0 saturated carbocycles. The summed E-state index contributed by atoms with van der Waals surface area (Å²) in [4.78, 5) is 17.6. The molecule has 0 bridgehead atoms. The monoisotopic (exact) mass is 449 g/mol. The fraction of sp³-hybridized carbons (Fsp3) is 0.200. The van der Waals surface area contributed by atoms with E-state index in [4.69, 9.17) is 21.1 Å². The number of nitrogens with one attached hydrogen (secondary N) is 1. The lowest BCUT2D eigenvalue weighted by atomic mass is 10.1. The topological polar surface area (TPSA) is 65.4 Å². The van der Waals surface area contributed by atoms with E-state index >= 15 is 0 Å². The first-order chi connectivity index (χ1) is 15.6. The number of aromatic nitrogens is 2. The Bertz CT molecular complexity index is 1260. The van der Waals surface area contributed by atoms with Gasteiger partial charge in [-0.1, -0.05) is 35.9 Å². The van der Waals surface area contributed by atoms with Crippen molar-refractivity contribution in [3.05, 3.63) is 99.6 Å². The number of methoxy groups -OCH3 is 1. The predicted molar refractivity (Wildman–Crippen MR) is 126 cm³/mol. The van der Waals surface area contributed by atoms with Gasteiger partial charge in [-0.2, -0.15) is 0 Å². The van der Waals surface area contributed by atoms with E-state index in [1.807, 2.05) is 60.7 Å². The number of pyridine rings is 2. The zero-order valence-electron chi connectivity index (χ0n) is 17.8. The molecule has 7 heteroatoms. The smallest absolute Gasteiger partial charge is 0.255 e. The van der Waals surface area contributed by atoms with E-state index in [2.05, 4.69) is 10.3 Å². The molecule has 0 fully saturated rings. The first-order valence-electron chi connectivity index (χ1n) is 10.3. The van der Waals surface area contributed by atoms with Gasteiger partial charge in [-0.15, -0.1) is 0 Å². The van der Waals surface area contributed by atoms with Crippen LogP contribution in [0.15, 0.2) is 77.7 Å². The summed E-state index contributed by atoms with van der Waals surface area (Å²) < 4.78 is 12.8. The minimum atomic E-state index is -0.0671. The number of rotatable bonds is 9. The van der Waals surface area contributed by atoms with Crippen LogP contribution in [0.1, 0.15) is 11.3 Å². The van der Waals surface area contributed by atoms with Crippen molar-refractivity contribution in [3.63, 3.8) is 0 Å². The molecule has 4 rings (SSSR count). The number of hydrogen-bond donors (Lipinski definition) is 1. The highest BCUT2D eigenvalue weighted by atomic mass is 35.5. The molecule has 4 aromatic rings. The van der Waals surface area contributed by atoms with Crippen LogP contribution in [0.3, 0.4) is 0 Å². The predicted octanol–water partition coefficient (Wildman–Crippen LogP) is 4.43. The molecule has 2 aromatic carbocycles. The van der Waals surface area contributed by atoms with Gasteiger partial charge in [0.2, 0.25) is 0 Å². The van der Waals surface area contributed by atoms with Crippen LogP contribution in [-0.2, 0) is 19.6 Å². The molecule has 0 saturated heterocycles. The minimum absolute atomic E-state index is 0.0671. The van der Waals surface area contributed by atoms with Gasteiger partial charge in [0, 0.05) is 35.9 Å². The first kappa shape index (κ1) is 21.9. The molecule has 0 aliphatic carbocycles. The Morgan fingerprint density at radius 1 is 1.00 bits per heavy atom. The van der Waals surface area contributed by atoms with Crippen molar-refractivity contribution in [3.8, 4) is 11.5 Å². The average Bonchev–Trinajstić information content (AvgIpc) is 2.82. The van der Waals surface area contributed by atoms with Crippen molar-refractivity contribution in [1.82, 2.24) is 14.9 Å². The molecule has 2 aromatic heterocycles. The van der Waals surface area contributed by atoms with Crippen LogP contribution in [0.2, 0.25) is 5.02 Å². The summed E-state index contributed by atoms with van der Waals surface area (Å²) in [6.07, 6.45) is 1.70. The van der Waals surface area contributed by atoms with Gasteiger partial charge >= 0.3 is 0 Å². The van der Waals surface area contributed by atoms with Gasteiger partial charge in [-0.25, -0.2) is 0 Å². The number of fused-ring (bicyclic) bond motifs is 1. The zero-order valence-corrected chi connectivity index (χ0v) is 18.5. The quantitative estimate of drug-likeness (QED) is 0.409. The van der Waals surface area contributed by atoms with Gasteiger partial charge in [-0.3, -0.25) is 9.78 Å². The van der Waals surface area contributed by atoms with E-state index in [0.29, 0.717) is 36.8 Å². The minimum Gasteiger partial charge on any atom is -0.497 e. The molecule has 0 unspecified atom stereocenters. The highest BCUT2D eigenvalue weighted by Gasteiger charge is 2.11. The van der Waals surface area contributed by atoms with E-state index in [1.165, 1.54) is 0 Å². The van der Waals surface area contributed by atoms with Crippen LogP contribution in [0.5, 0.6) is 11.5 Å². The standard InChI is InChI=1S/C25H24ClN3O3/c1-31-23-9-10-28-21(15-23)17-27-16-19-13-18-7-8-20(26)14-24(18)29(25(19)30)11-12-32-22-5-3-2-4-6-22/h2-10,13-15,27H,11-12,16-17H2,1H3. The van der Waals surface area contributed by atoms with Gasteiger partial charge < -0.3 is 19.4 Å². The summed E-state index contributed by atoms with van der Waals surface area (Å²) in [6.45, 7) is 1.72. The maximum absolute atomic E-state index is 13.3. The third-order valence-electron chi connectivity index (χ3n) is 5.10. The highest BCUT2D eigenvalue weighted by Crippen LogP contribution is 2.20. The van der Waals surface area contributed by atoms with Gasteiger partial charge in [0.15, 0.2) is 0 Å². The molecule has 1 N–H and O–H groups in total. The molecular weight excluding hydrogens is 426 g/mol. The normalized spacial score (nSPS) is 10.9. The van der Waals surface area contributed by atoms with Gasteiger partial charge in [-0.05, 0) is 41.8 Å². The lowest BCUT2D eigenvalue weighted by Gasteiger charge is -2.14. The van der Waals surface area contributed by atoms with Crippen molar-refractivity contribution >= 4 is 22.5 Å². The molecule has 0 spiro atoms. The van der Waals surface area contributed by atoms with Crippen LogP contribution in [0.4, 0.5) is 0 Å². The second-order valence-corrected chi connectivity index (χ2v) is 7.72. The van der Waals surface area contributed by atoms with Gasteiger partial charge in [0.1, 0.15) is 18.1 Å². The summed E-state index contributed by atoms with van der Waals surface area (Å²) in [5.41, 5.74) is 2.23. The Morgan fingerprint density at radius 3 is 2.66 bits per heavy atom. The Morgan fingerprint density at radius 2 is 1.84 bits per heavy atom. The van der Waals surface area contributed by atoms with E-state index < -0.39 is 0 Å². The number of halogens is 1. The molecule has 0 radical (unpaired) electrons. The largest absolute Gasteiger partial charge is 0.497 e. The molecule has 32 heavy (non-hydrogen) atoms. The third-order valence-corrected chi connectivity index (χ3v) is 5.34. The fourth-order valence-electron chi connectivity index (χ4n) is 3.53. The number of ether oxygens (including phenoxy) is 2. The molecular formula is C25H24ClN3O3. The van der Waals surface area contributed by atoms with Crippen molar-refractivity contribution in [1.29, 1.82) is 0 Å². The Hall–Kier alpha value is -3.35. The second kappa shape index (κ2) is 10.3. The number of para-hydroxylation sites is 1. The SMILES string of the molecule is COc1ccnc(CNCc2cc3ccc(Cl)cc3n(CCOc3ccccc3)c2=O)c1. The van der Waals surface area contributed by atoms with Crippen molar-refractivity contribution in [2.24, 2.45) is 0 Å². The maximum atomic E-state index is 13.3. The lowest BCUT2D eigenvalue weighted by Crippen LogP contribution is -2.29. The van der Waals surface area contributed by atoms with Gasteiger partial charge in [0.05, 0.1) is 24.9 Å². The summed E-state index contributed by atoms with van der Waals surface area (Å²) in [6, 6.07) is 20.7. The average molecular weight is 450 g/mol. The molecule has 6 nitrogen and oxygen atoms in total. The number of nitrogens with zero attached hydrogens (tertiary/aromatic N) is 2. The number of hydrogen-bond acceptors (Lipinski definition) is 5. The van der Waals surface area contributed by atoms with E-state index in [9.17, 15) is 4.79 Å². The molecule has 2 heterocycles. The second-order valence-electron chi connectivity index (χ2n) is 7.28. The van der Waals surface area contributed by atoms with Crippen LogP contribution >= 0.6 is 11.6 Å². The van der Waals surface area contributed by atoms with Crippen LogP contribution < -0.4 is 20.3 Å². The van der Waals surface area contributed by atoms with Crippen LogP contribution in [-0.4, -0.2) is 23.3 Å². The molecule has 0 aliphatic rings. The Kier molecular flexibility index (Phi) is 7.04. The molecule has 0 amide bonds. The van der Waals surface area contributed by atoms with Crippen molar-refractivity contribution in [2.75, 3.05) is 13.7 Å². The van der Waals surface area contributed by atoms with E-state index in [-0.39, 0.29) is 5.56 Å². The number of benzene rings is 2. The van der Waals surface area contributed by atoms with Crippen LogP contribution in [0, 0.1) is 0 Å². The van der Waals surface area contributed by atoms with E-state index in [0.717, 1.165) is 28.1 Å². The molecule has 0 atom stereocenters. The molecule has 164 valence electrons. The van der Waals surface area contributed by atoms with Crippen molar-refractivity contribution in [2.45, 2.75) is 19.6 Å². The first-order valence-corrected chi connectivity index (χ1v) is 10.7. The van der Waals surface area contributed by atoms with Gasteiger partial charge in [0.25, 0.3) is 5.56 Å². The van der Waals surface area contributed by atoms with Crippen LogP contribution in [0.25, 0.3) is 10.9 Å². The lowest BCUT2D eigenvalue weighted by molar-refractivity contribution is 0.298. The van der Waals surface area contributed by atoms with Crippen molar-refractivity contribution < 1.29 is 9.47 Å². The van der Waals surface area contributed by atoms with E-state index in [1.54, 1.807) is 23.9 Å².